The standard InChI is InChI=1S/C15H31N3O/c1-14(2,13(16)17)7-4-5-10-18-11-6-8-15(3,19)9-12-18/h19H,4-12H2,1-3H3,(H3,16,17). The minimum absolute atomic E-state index is 0.164. The van der Waals surface area contributed by atoms with E-state index in [-0.39, 0.29) is 5.41 Å². The molecule has 0 aliphatic carbocycles. The molecule has 1 atom stereocenters. The Kier molecular flexibility index (Phi) is 5.81. The predicted molar refractivity (Wildman–Crippen MR) is 80.5 cm³/mol. The first-order chi connectivity index (χ1) is 8.73. The van der Waals surface area contributed by atoms with Crippen LogP contribution >= 0.6 is 0 Å². The van der Waals surface area contributed by atoms with Crippen LogP contribution in [0.4, 0.5) is 0 Å². The highest BCUT2D eigenvalue weighted by Gasteiger charge is 2.25. The van der Waals surface area contributed by atoms with Crippen LogP contribution in [0.25, 0.3) is 0 Å². The van der Waals surface area contributed by atoms with Gasteiger partial charge < -0.3 is 15.7 Å². The first-order valence-electron chi connectivity index (χ1n) is 7.52. The van der Waals surface area contributed by atoms with Crippen LogP contribution in [-0.4, -0.2) is 41.1 Å². The van der Waals surface area contributed by atoms with E-state index in [1.165, 1.54) is 0 Å². The molecular formula is C15H31N3O. The second-order valence-corrected chi connectivity index (χ2v) is 6.95. The molecule has 1 fully saturated rings. The SMILES string of the molecule is CC1(O)CCCN(CCCCC(C)(C)C(=N)N)CC1. The highest BCUT2D eigenvalue weighted by Crippen LogP contribution is 2.24. The molecular weight excluding hydrogens is 238 g/mol. The quantitative estimate of drug-likeness (QED) is 0.394. The maximum atomic E-state index is 10.0. The second-order valence-electron chi connectivity index (χ2n) is 6.95. The third-order valence-corrected chi connectivity index (χ3v) is 4.41. The summed E-state index contributed by atoms with van der Waals surface area (Å²) in [5, 5.41) is 17.6. The van der Waals surface area contributed by atoms with E-state index < -0.39 is 5.60 Å². The van der Waals surface area contributed by atoms with E-state index in [0.717, 1.165) is 58.2 Å². The molecule has 112 valence electrons. The fraction of sp³-hybridized carbons (Fsp3) is 0.933. The number of hydrogen-bond acceptors (Lipinski definition) is 3. The van der Waals surface area contributed by atoms with E-state index in [1.807, 2.05) is 20.8 Å². The Hall–Kier alpha value is -0.610. The molecule has 1 aliphatic heterocycles. The van der Waals surface area contributed by atoms with Crippen molar-refractivity contribution in [1.82, 2.24) is 4.90 Å². The Morgan fingerprint density at radius 2 is 2.00 bits per heavy atom. The number of aliphatic hydroxyl groups is 1. The molecule has 0 radical (unpaired) electrons. The van der Waals surface area contributed by atoms with Gasteiger partial charge in [0.2, 0.25) is 0 Å². The van der Waals surface area contributed by atoms with Crippen LogP contribution in [-0.2, 0) is 0 Å². The molecule has 0 spiro atoms. The van der Waals surface area contributed by atoms with E-state index in [2.05, 4.69) is 4.90 Å². The topological polar surface area (TPSA) is 73.3 Å². The van der Waals surface area contributed by atoms with E-state index in [1.54, 1.807) is 0 Å². The molecule has 1 saturated heterocycles. The van der Waals surface area contributed by atoms with Gasteiger partial charge in [-0.05, 0) is 52.1 Å². The van der Waals surface area contributed by atoms with Gasteiger partial charge in [-0.2, -0.15) is 0 Å². The zero-order chi connectivity index (χ0) is 14.5. The van der Waals surface area contributed by atoms with Crippen LogP contribution in [0.5, 0.6) is 0 Å². The fourth-order valence-electron chi connectivity index (χ4n) is 2.58. The van der Waals surface area contributed by atoms with Gasteiger partial charge in [-0.15, -0.1) is 0 Å². The first kappa shape index (κ1) is 16.4. The third-order valence-electron chi connectivity index (χ3n) is 4.41. The monoisotopic (exact) mass is 269 g/mol. The van der Waals surface area contributed by atoms with Gasteiger partial charge in [0.05, 0.1) is 11.4 Å². The molecule has 0 aromatic heterocycles. The summed E-state index contributed by atoms with van der Waals surface area (Å²) < 4.78 is 0. The number of hydrogen-bond donors (Lipinski definition) is 3. The summed E-state index contributed by atoms with van der Waals surface area (Å²) in [5.41, 5.74) is 4.96. The van der Waals surface area contributed by atoms with Gasteiger partial charge in [-0.3, -0.25) is 5.41 Å². The molecule has 0 amide bonds. The van der Waals surface area contributed by atoms with Crippen molar-refractivity contribution in [3.05, 3.63) is 0 Å². The van der Waals surface area contributed by atoms with Crippen molar-refractivity contribution in [2.75, 3.05) is 19.6 Å². The number of likely N-dealkylation sites (tertiary alicyclic amines) is 1. The summed E-state index contributed by atoms with van der Waals surface area (Å²) in [6.07, 6.45) is 6.13. The normalized spacial score (nSPS) is 26.1. The smallest absolute Gasteiger partial charge is 0.0963 e. The van der Waals surface area contributed by atoms with Gasteiger partial charge in [-0.1, -0.05) is 20.3 Å². The summed E-state index contributed by atoms with van der Waals surface area (Å²) in [5.74, 6) is 0.290. The largest absolute Gasteiger partial charge is 0.390 e. The molecule has 0 aromatic rings. The molecule has 0 bridgehead atoms. The first-order valence-corrected chi connectivity index (χ1v) is 7.52. The maximum Gasteiger partial charge on any atom is 0.0963 e. The summed E-state index contributed by atoms with van der Waals surface area (Å²) in [7, 11) is 0. The van der Waals surface area contributed by atoms with Crippen LogP contribution in [0.2, 0.25) is 0 Å². The van der Waals surface area contributed by atoms with Crippen molar-refractivity contribution in [1.29, 1.82) is 5.41 Å². The van der Waals surface area contributed by atoms with Crippen LogP contribution in [0, 0.1) is 10.8 Å². The lowest BCUT2D eigenvalue weighted by Gasteiger charge is -2.24. The highest BCUT2D eigenvalue weighted by molar-refractivity contribution is 5.82. The summed E-state index contributed by atoms with van der Waals surface area (Å²) in [6, 6.07) is 0. The average molecular weight is 269 g/mol. The molecule has 1 rings (SSSR count). The minimum Gasteiger partial charge on any atom is -0.390 e. The van der Waals surface area contributed by atoms with Crippen LogP contribution in [0.3, 0.4) is 0 Å². The molecule has 0 aromatic carbocycles. The molecule has 1 heterocycles. The van der Waals surface area contributed by atoms with Gasteiger partial charge in [-0.25, -0.2) is 0 Å². The minimum atomic E-state index is -0.467. The molecule has 4 N–H and O–H groups in total. The molecule has 19 heavy (non-hydrogen) atoms. The summed E-state index contributed by atoms with van der Waals surface area (Å²) in [6.45, 7) is 9.24. The highest BCUT2D eigenvalue weighted by atomic mass is 16.3. The molecule has 4 heteroatoms. The lowest BCUT2D eigenvalue weighted by atomic mass is 9.86. The lowest BCUT2D eigenvalue weighted by molar-refractivity contribution is 0.0446. The third kappa shape index (κ3) is 5.91. The fourth-order valence-corrected chi connectivity index (χ4v) is 2.58. The maximum absolute atomic E-state index is 10.0. The van der Waals surface area contributed by atoms with Crippen molar-refractivity contribution < 1.29 is 5.11 Å². The number of nitrogens with two attached hydrogens (primary N) is 1. The second kappa shape index (κ2) is 6.71. The number of nitrogens with zero attached hydrogens (tertiary/aromatic N) is 1. The van der Waals surface area contributed by atoms with Crippen LogP contribution in [0.15, 0.2) is 0 Å². The number of rotatable bonds is 6. The number of nitrogens with one attached hydrogen (secondary N) is 1. The lowest BCUT2D eigenvalue weighted by Crippen LogP contribution is -2.31. The van der Waals surface area contributed by atoms with Crippen LogP contribution < -0.4 is 5.73 Å². The van der Waals surface area contributed by atoms with E-state index in [9.17, 15) is 5.11 Å². The van der Waals surface area contributed by atoms with E-state index in [0.29, 0.717) is 5.84 Å². The zero-order valence-corrected chi connectivity index (χ0v) is 12.8. The van der Waals surface area contributed by atoms with Gasteiger partial charge in [0, 0.05) is 12.0 Å². The van der Waals surface area contributed by atoms with Gasteiger partial charge >= 0.3 is 0 Å². The van der Waals surface area contributed by atoms with Crippen molar-refractivity contribution in [3.8, 4) is 0 Å². The molecule has 0 saturated carbocycles. The van der Waals surface area contributed by atoms with Crippen molar-refractivity contribution in [2.24, 2.45) is 11.1 Å². The predicted octanol–water partition coefficient (Wildman–Crippen LogP) is 2.36. The van der Waals surface area contributed by atoms with Crippen LogP contribution in [0.1, 0.15) is 59.3 Å². The van der Waals surface area contributed by atoms with E-state index in [4.69, 9.17) is 11.1 Å². The Morgan fingerprint density at radius 3 is 2.63 bits per heavy atom. The van der Waals surface area contributed by atoms with Crippen molar-refractivity contribution in [3.63, 3.8) is 0 Å². The van der Waals surface area contributed by atoms with Gasteiger partial charge in [0.25, 0.3) is 0 Å². The molecule has 1 aliphatic rings. The number of unbranched alkanes of at least 4 members (excludes halogenated alkanes) is 1. The zero-order valence-electron chi connectivity index (χ0n) is 12.8. The van der Waals surface area contributed by atoms with Gasteiger partial charge in [0.1, 0.15) is 0 Å². The summed E-state index contributed by atoms with van der Waals surface area (Å²) in [4.78, 5) is 2.46. The average Bonchev–Trinajstić information content (AvgIpc) is 2.46. The Bertz CT molecular complexity index is 300. The Balaban J connectivity index is 2.21. The number of amidine groups is 1. The van der Waals surface area contributed by atoms with Crippen molar-refractivity contribution >= 4 is 5.84 Å². The van der Waals surface area contributed by atoms with Crippen molar-refractivity contribution in [2.45, 2.75) is 64.9 Å². The summed E-state index contributed by atoms with van der Waals surface area (Å²) >= 11 is 0. The van der Waals surface area contributed by atoms with Gasteiger partial charge in [0.15, 0.2) is 0 Å². The van der Waals surface area contributed by atoms with E-state index >= 15 is 0 Å². The molecule has 4 nitrogen and oxygen atoms in total. The Morgan fingerprint density at radius 1 is 1.32 bits per heavy atom. The molecule has 1 unspecified atom stereocenters. The Labute approximate surface area is 117 Å².